The molecule has 2 aromatic carbocycles. The van der Waals surface area contributed by atoms with Crippen LogP contribution in [0.1, 0.15) is 71.1 Å². The standard InChI is InChI=1S/C27H32BrNO2/c1-27-10-9-22-21-7-5-17(15-28)13-18(21)6-8-23(22)24(27)14-20(25(27)30)12-16-3-2-4-19(11-16)26(29)31/h2-5,7,11,13,20,22-25,30H,6,8-10,12,14-15H2,1H3,(H2,29,31)/t20-,22?,23?,24?,25-,27-/m0/s1. The molecule has 0 aliphatic heterocycles. The third-order valence-electron chi connectivity index (χ3n) is 8.77. The highest BCUT2D eigenvalue weighted by Crippen LogP contribution is 2.62. The molecule has 0 spiro atoms. The number of hydrogen-bond acceptors (Lipinski definition) is 2. The van der Waals surface area contributed by atoms with Gasteiger partial charge >= 0.3 is 0 Å². The number of primary amides is 1. The summed E-state index contributed by atoms with van der Waals surface area (Å²) in [5, 5.41) is 12.4. The number of hydrogen-bond donors (Lipinski definition) is 2. The highest BCUT2D eigenvalue weighted by Gasteiger charge is 2.57. The van der Waals surface area contributed by atoms with Crippen LogP contribution in [-0.2, 0) is 18.2 Å². The fourth-order valence-corrected chi connectivity index (χ4v) is 7.57. The predicted molar refractivity (Wildman–Crippen MR) is 127 cm³/mol. The van der Waals surface area contributed by atoms with Gasteiger partial charge in [0.1, 0.15) is 0 Å². The lowest BCUT2D eigenvalue weighted by Gasteiger charge is -2.50. The molecule has 4 heteroatoms. The average molecular weight is 482 g/mol. The van der Waals surface area contributed by atoms with Crippen molar-refractivity contribution in [3.05, 3.63) is 70.3 Å². The highest BCUT2D eigenvalue weighted by molar-refractivity contribution is 9.08. The van der Waals surface area contributed by atoms with E-state index in [9.17, 15) is 9.90 Å². The molecule has 3 nitrogen and oxygen atoms in total. The van der Waals surface area contributed by atoms with Crippen molar-refractivity contribution < 1.29 is 9.90 Å². The van der Waals surface area contributed by atoms with Crippen LogP contribution in [0.3, 0.4) is 0 Å². The van der Waals surface area contributed by atoms with Crippen LogP contribution in [-0.4, -0.2) is 17.1 Å². The van der Waals surface area contributed by atoms with E-state index in [2.05, 4.69) is 47.1 Å². The number of amides is 1. The molecule has 5 rings (SSSR count). The Morgan fingerprint density at radius 1 is 1.19 bits per heavy atom. The minimum absolute atomic E-state index is 0.000430. The summed E-state index contributed by atoms with van der Waals surface area (Å²) >= 11 is 3.60. The van der Waals surface area contributed by atoms with Crippen LogP contribution in [0, 0.1) is 23.2 Å². The summed E-state index contributed by atoms with van der Waals surface area (Å²) in [6.45, 7) is 2.34. The molecule has 6 atom stereocenters. The first-order chi connectivity index (χ1) is 14.9. The summed E-state index contributed by atoms with van der Waals surface area (Å²) in [6.07, 6.45) is 6.28. The average Bonchev–Trinajstić information content (AvgIpc) is 3.03. The first-order valence-corrected chi connectivity index (χ1v) is 12.8. The van der Waals surface area contributed by atoms with E-state index in [4.69, 9.17) is 5.73 Å². The molecule has 164 valence electrons. The molecule has 0 aromatic heterocycles. The number of benzene rings is 2. The topological polar surface area (TPSA) is 63.3 Å². The van der Waals surface area contributed by atoms with Gasteiger partial charge in [-0.1, -0.05) is 53.2 Å². The second-order valence-corrected chi connectivity index (χ2v) is 10.9. The zero-order valence-electron chi connectivity index (χ0n) is 18.2. The Labute approximate surface area is 193 Å². The fourth-order valence-electron chi connectivity index (χ4n) is 7.22. The predicted octanol–water partition coefficient (Wildman–Crippen LogP) is 5.37. The summed E-state index contributed by atoms with van der Waals surface area (Å²) in [6, 6.07) is 14.7. The monoisotopic (exact) mass is 481 g/mol. The molecule has 3 unspecified atom stereocenters. The van der Waals surface area contributed by atoms with E-state index >= 15 is 0 Å². The maximum Gasteiger partial charge on any atom is 0.248 e. The van der Waals surface area contributed by atoms with E-state index < -0.39 is 0 Å². The van der Waals surface area contributed by atoms with E-state index in [0.29, 0.717) is 23.3 Å². The summed E-state index contributed by atoms with van der Waals surface area (Å²) in [4.78, 5) is 11.6. The van der Waals surface area contributed by atoms with Crippen molar-refractivity contribution in [2.45, 2.75) is 62.8 Å². The van der Waals surface area contributed by atoms with Gasteiger partial charge in [0, 0.05) is 10.9 Å². The quantitative estimate of drug-likeness (QED) is 0.576. The molecule has 2 saturated carbocycles. The van der Waals surface area contributed by atoms with Gasteiger partial charge in [0.2, 0.25) is 5.91 Å². The molecular weight excluding hydrogens is 450 g/mol. The van der Waals surface area contributed by atoms with Gasteiger partial charge in [-0.05, 0) is 102 Å². The minimum Gasteiger partial charge on any atom is -0.392 e. The smallest absolute Gasteiger partial charge is 0.248 e. The van der Waals surface area contributed by atoms with E-state index in [-0.39, 0.29) is 23.3 Å². The van der Waals surface area contributed by atoms with Crippen LogP contribution in [0.25, 0.3) is 0 Å². The Kier molecular flexibility index (Phi) is 5.50. The lowest BCUT2D eigenvalue weighted by molar-refractivity contribution is -0.0325. The molecule has 31 heavy (non-hydrogen) atoms. The number of aryl methyl sites for hydroxylation is 1. The van der Waals surface area contributed by atoms with Gasteiger partial charge in [0.05, 0.1) is 6.10 Å². The van der Waals surface area contributed by atoms with Crippen LogP contribution in [0.2, 0.25) is 0 Å². The second kappa shape index (κ2) is 8.04. The summed E-state index contributed by atoms with van der Waals surface area (Å²) < 4.78 is 0. The van der Waals surface area contributed by atoms with Gasteiger partial charge in [0.25, 0.3) is 0 Å². The van der Waals surface area contributed by atoms with E-state index in [0.717, 1.165) is 36.6 Å². The number of alkyl halides is 1. The third kappa shape index (κ3) is 3.56. The largest absolute Gasteiger partial charge is 0.392 e. The van der Waals surface area contributed by atoms with Crippen molar-refractivity contribution in [1.29, 1.82) is 0 Å². The lowest BCUT2D eigenvalue weighted by atomic mass is 9.55. The lowest BCUT2D eigenvalue weighted by Crippen LogP contribution is -2.44. The molecule has 0 bridgehead atoms. The molecule has 0 heterocycles. The molecule has 3 aliphatic carbocycles. The molecule has 1 amide bonds. The number of carbonyl (C=O) groups is 1. The van der Waals surface area contributed by atoms with E-state index in [1.165, 1.54) is 18.4 Å². The molecule has 0 radical (unpaired) electrons. The van der Waals surface area contributed by atoms with Gasteiger partial charge in [-0.15, -0.1) is 0 Å². The molecule has 2 aromatic rings. The zero-order valence-corrected chi connectivity index (χ0v) is 19.8. The van der Waals surface area contributed by atoms with Crippen LogP contribution in [0.15, 0.2) is 42.5 Å². The first-order valence-electron chi connectivity index (χ1n) is 11.6. The second-order valence-electron chi connectivity index (χ2n) is 10.3. The van der Waals surface area contributed by atoms with Crippen molar-refractivity contribution >= 4 is 21.8 Å². The Morgan fingerprint density at radius 2 is 2.03 bits per heavy atom. The number of aliphatic hydroxyl groups excluding tert-OH is 1. The Hall–Kier alpha value is -1.65. The summed E-state index contributed by atoms with van der Waals surface area (Å²) in [7, 11) is 0. The highest BCUT2D eigenvalue weighted by atomic mass is 79.9. The molecule has 2 fully saturated rings. The van der Waals surface area contributed by atoms with Crippen molar-refractivity contribution in [2.24, 2.45) is 28.9 Å². The van der Waals surface area contributed by atoms with Gasteiger partial charge in [0.15, 0.2) is 0 Å². The number of aliphatic hydroxyl groups is 1. The van der Waals surface area contributed by atoms with Crippen LogP contribution >= 0.6 is 15.9 Å². The molecular formula is C27H32BrNO2. The SMILES string of the molecule is C[C@]12CCC3c4ccc(CBr)cc4CCC3C1C[C@H](Cc1cccc(C(N)=O)c1)[C@@H]2O. The molecule has 3 N–H and O–H groups in total. The van der Waals surface area contributed by atoms with Crippen molar-refractivity contribution in [3.63, 3.8) is 0 Å². The van der Waals surface area contributed by atoms with Crippen molar-refractivity contribution in [3.8, 4) is 0 Å². The Morgan fingerprint density at radius 3 is 2.81 bits per heavy atom. The van der Waals surface area contributed by atoms with E-state index in [1.807, 2.05) is 12.1 Å². The summed E-state index contributed by atoms with van der Waals surface area (Å²) in [5.74, 6) is 1.72. The number of rotatable bonds is 4. The fraction of sp³-hybridized carbons (Fsp3) is 0.519. The van der Waals surface area contributed by atoms with Gasteiger partial charge < -0.3 is 10.8 Å². The van der Waals surface area contributed by atoms with Gasteiger partial charge in [-0.25, -0.2) is 0 Å². The summed E-state index contributed by atoms with van der Waals surface area (Å²) in [5.41, 5.74) is 11.6. The van der Waals surface area contributed by atoms with Crippen molar-refractivity contribution in [1.82, 2.24) is 0 Å². The zero-order chi connectivity index (χ0) is 21.8. The molecule has 3 aliphatic rings. The minimum atomic E-state index is -0.388. The third-order valence-corrected chi connectivity index (χ3v) is 9.42. The maximum absolute atomic E-state index is 11.6. The Balaban J connectivity index is 1.39. The van der Waals surface area contributed by atoms with Gasteiger partial charge in [-0.3, -0.25) is 4.79 Å². The van der Waals surface area contributed by atoms with Crippen LogP contribution < -0.4 is 5.73 Å². The van der Waals surface area contributed by atoms with Crippen LogP contribution in [0.5, 0.6) is 0 Å². The number of carbonyl (C=O) groups excluding carboxylic acids is 1. The normalized spacial score (nSPS) is 34.0. The van der Waals surface area contributed by atoms with Crippen molar-refractivity contribution in [2.75, 3.05) is 0 Å². The maximum atomic E-state index is 11.6. The van der Waals surface area contributed by atoms with E-state index in [1.54, 1.807) is 17.2 Å². The first kappa shape index (κ1) is 21.2. The molecule has 0 saturated heterocycles. The van der Waals surface area contributed by atoms with Crippen LogP contribution in [0.4, 0.5) is 0 Å². The van der Waals surface area contributed by atoms with Gasteiger partial charge in [-0.2, -0.15) is 0 Å². The number of halogens is 1. The number of fused-ring (bicyclic) bond motifs is 5. The Bertz CT molecular complexity index is 1000. The number of nitrogens with two attached hydrogens (primary N) is 1.